The summed E-state index contributed by atoms with van der Waals surface area (Å²) in [6.07, 6.45) is 0. The highest BCUT2D eigenvalue weighted by atomic mass is 35.5. The van der Waals surface area contributed by atoms with Gasteiger partial charge in [-0.05, 0) is 17.2 Å². The second-order valence-corrected chi connectivity index (χ2v) is 16.4. The van der Waals surface area contributed by atoms with Gasteiger partial charge in [-0.25, -0.2) is 0 Å². The molecule has 36 heavy (non-hydrogen) atoms. The van der Waals surface area contributed by atoms with Gasteiger partial charge in [-0.3, -0.25) is 10.1 Å². The number of hydrogen-bond acceptors (Lipinski definition) is 2. The van der Waals surface area contributed by atoms with E-state index in [1.165, 1.54) is 12.1 Å². The van der Waals surface area contributed by atoms with Crippen LogP contribution in [0.4, 0.5) is 5.69 Å². The summed E-state index contributed by atoms with van der Waals surface area (Å²) in [5, 5.41) is 11.3. The highest BCUT2D eigenvalue weighted by Crippen LogP contribution is 2.88. The van der Waals surface area contributed by atoms with Crippen LogP contribution < -0.4 is 0 Å². The van der Waals surface area contributed by atoms with E-state index < -0.39 is 62.4 Å². The first-order valence-corrected chi connectivity index (χ1v) is 14.8. The Hall–Kier alpha value is 1.87. The molecule has 0 aromatic heterocycles. The molecule has 0 saturated heterocycles. The maximum atomic E-state index is 11.8. The molecule has 5 aliphatic rings. The van der Waals surface area contributed by atoms with E-state index in [0.29, 0.717) is 11.1 Å². The second kappa shape index (κ2) is 7.63. The van der Waals surface area contributed by atoms with Crippen molar-refractivity contribution in [1.29, 1.82) is 0 Å². The van der Waals surface area contributed by atoms with Crippen LogP contribution in [0.2, 0.25) is 5.02 Å². The summed E-state index contributed by atoms with van der Waals surface area (Å²) in [6.45, 7) is 0. The third kappa shape index (κ3) is 2.43. The first kappa shape index (κ1) is 28.0. The van der Waals surface area contributed by atoms with Crippen molar-refractivity contribution in [2.75, 3.05) is 0 Å². The molecule has 6 rings (SSSR count). The molecule has 0 radical (unpaired) electrons. The van der Waals surface area contributed by atoms with E-state index in [2.05, 4.69) is 0 Å². The first-order chi connectivity index (χ1) is 16.3. The first-order valence-electron chi connectivity index (χ1n) is 9.93. The number of nitro groups is 1. The number of hydrogen-bond donors (Lipinski definition) is 0. The van der Waals surface area contributed by atoms with Crippen molar-refractivity contribution in [1.82, 2.24) is 0 Å². The van der Waals surface area contributed by atoms with Crippen molar-refractivity contribution in [2.24, 2.45) is 11.8 Å². The number of rotatable bonds is 1. The molecule has 16 heteroatoms. The standard InChI is InChI=1S/C20H6Cl13NO2/c21-5-1-3-4(2-6(5)34(35)36)8-10(18(29)14(25)12(23)16(8,27)20(18,32)33)9-7(3)15(26)11(22)13(24)17(9,28)19(15,30)31/h1-2,7-10H/t7-,8+,9-,10-,15-,16-,17-,18-/m1/s1. The van der Waals surface area contributed by atoms with E-state index in [9.17, 15) is 10.1 Å². The van der Waals surface area contributed by atoms with E-state index in [0.717, 1.165) is 0 Å². The van der Waals surface area contributed by atoms with Gasteiger partial charge in [0, 0.05) is 29.7 Å². The van der Waals surface area contributed by atoms with Crippen molar-refractivity contribution in [3.63, 3.8) is 0 Å². The predicted molar refractivity (Wildman–Crippen MR) is 151 cm³/mol. The number of fused-ring (bicyclic) bond motifs is 14. The molecule has 2 fully saturated rings. The van der Waals surface area contributed by atoms with Crippen molar-refractivity contribution in [2.45, 2.75) is 40.0 Å². The lowest BCUT2D eigenvalue weighted by Crippen LogP contribution is -2.53. The molecule has 3 nitrogen and oxygen atoms in total. The van der Waals surface area contributed by atoms with Gasteiger partial charge < -0.3 is 0 Å². The van der Waals surface area contributed by atoms with Gasteiger partial charge in [0.05, 0.1) is 25.1 Å². The largest absolute Gasteiger partial charge is 0.288 e. The number of benzene rings is 1. The second-order valence-electron chi connectivity index (χ2n) is 9.45. The lowest BCUT2D eigenvalue weighted by atomic mass is 9.57. The molecule has 8 atom stereocenters. The summed E-state index contributed by atoms with van der Waals surface area (Å²) in [6, 6.07) is 2.64. The third-order valence-electron chi connectivity index (χ3n) is 8.39. The SMILES string of the molecule is O=[N+]([O-])c1cc2c(cc1Cl)[C@@H]1[C@H]([C@H]3[C@H]2[C@@]2(Cl)C(Cl)=C(Cl)[C@@]3(Cl)C2(Cl)Cl)[C@@]2(Cl)C(Cl)=C(Cl)[C@@]1(Cl)C2(Cl)Cl. The van der Waals surface area contributed by atoms with Crippen molar-refractivity contribution in [3.8, 4) is 0 Å². The van der Waals surface area contributed by atoms with Crippen LogP contribution in [0, 0.1) is 22.0 Å². The van der Waals surface area contributed by atoms with Gasteiger partial charge in [0.1, 0.15) is 24.5 Å². The Kier molecular flexibility index (Phi) is 5.93. The molecular weight excluding hydrogens is 747 g/mol. The maximum absolute atomic E-state index is 11.8. The topological polar surface area (TPSA) is 43.1 Å². The zero-order chi connectivity index (χ0) is 26.9. The molecule has 4 bridgehead atoms. The molecule has 1 aromatic rings. The Morgan fingerprint density at radius 2 is 0.944 bits per heavy atom. The maximum Gasteiger partial charge on any atom is 0.288 e. The van der Waals surface area contributed by atoms with Gasteiger partial charge in [0.25, 0.3) is 5.69 Å². The highest BCUT2D eigenvalue weighted by molar-refractivity contribution is 6.67. The van der Waals surface area contributed by atoms with Crippen LogP contribution in [0.15, 0.2) is 32.3 Å². The van der Waals surface area contributed by atoms with Crippen LogP contribution in [-0.2, 0) is 0 Å². The summed E-state index contributed by atoms with van der Waals surface area (Å²) < 4.78 is -4.02. The minimum atomic E-state index is -2.02. The number of nitro benzene ring substituents is 1. The normalized spacial score (nSPS) is 46.8. The molecule has 1 aromatic carbocycles. The number of nitrogens with zero attached hydrogens (tertiary/aromatic N) is 1. The lowest BCUT2D eigenvalue weighted by Gasteiger charge is -2.52. The molecule has 0 spiro atoms. The van der Waals surface area contributed by atoms with Crippen LogP contribution >= 0.6 is 151 Å². The van der Waals surface area contributed by atoms with E-state index in [4.69, 9.17) is 151 Å². The molecule has 0 amide bonds. The molecule has 0 unspecified atom stereocenters. The molecule has 0 N–H and O–H groups in total. The average molecular weight is 753 g/mol. The molecule has 0 aliphatic heterocycles. The van der Waals surface area contributed by atoms with Gasteiger partial charge >= 0.3 is 0 Å². The summed E-state index contributed by atoms with van der Waals surface area (Å²) in [7, 11) is 0. The van der Waals surface area contributed by atoms with Gasteiger partial charge in [-0.2, -0.15) is 0 Å². The van der Waals surface area contributed by atoms with Crippen molar-refractivity contribution >= 4 is 156 Å². The molecule has 5 aliphatic carbocycles. The Balaban J connectivity index is 1.80. The van der Waals surface area contributed by atoms with Crippen LogP contribution in [0.5, 0.6) is 0 Å². The fourth-order valence-corrected chi connectivity index (χ4v) is 13.3. The summed E-state index contributed by atoms with van der Waals surface area (Å²) >= 11 is 89.3. The molecular formula is C20H6Cl13NO2. The number of allylic oxidation sites excluding steroid dienone is 4. The fraction of sp³-hybridized carbons (Fsp3) is 0.500. The third-order valence-corrected chi connectivity index (χ3v) is 17.2. The van der Waals surface area contributed by atoms with Crippen LogP contribution in [0.25, 0.3) is 0 Å². The molecule has 2 saturated carbocycles. The van der Waals surface area contributed by atoms with Crippen LogP contribution in [0.1, 0.15) is 23.0 Å². The smallest absolute Gasteiger partial charge is 0.258 e. The summed E-state index contributed by atoms with van der Waals surface area (Å²) in [5.74, 6) is -3.78. The minimum absolute atomic E-state index is 0.0824. The van der Waals surface area contributed by atoms with E-state index in [1.807, 2.05) is 0 Å². The van der Waals surface area contributed by atoms with E-state index in [-0.39, 0.29) is 25.2 Å². The summed E-state index contributed by atoms with van der Waals surface area (Å²) in [4.78, 5) is 3.89. The van der Waals surface area contributed by atoms with E-state index in [1.54, 1.807) is 0 Å². The summed E-state index contributed by atoms with van der Waals surface area (Å²) in [5.41, 5.74) is 0.288. The quantitative estimate of drug-likeness (QED) is 0.163. The van der Waals surface area contributed by atoms with Crippen LogP contribution in [0.3, 0.4) is 0 Å². The minimum Gasteiger partial charge on any atom is -0.258 e. The van der Waals surface area contributed by atoms with Gasteiger partial charge in [-0.15, -0.1) is 46.4 Å². The zero-order valence-corrected chi connectivity index (χ0v) is 26.5. The molecule has 194 valence electrons. The zero-order valence-electron chi connectivity index (χ0n) is 16.6. The average Bonchev–Trinajstić information content (AvgIpc) is 3.12. The Morgan fingerprint density at radius 3 is 1.31 bits per heavy atom. The molecule has 0 heterocycles. The highest BCUT2D eigenvalue weighted by Gasteiger charge is 2.91. The Bertz CT molecular complexity index is 1390. The van der Waals surface area contributed by atoms with Gasteiger partial charge in [0.2, 0.25) is 0 Å². The number of halogens is 13. The Labute approximate surface area is 269 Å². The van der Waals surface area contributed by atoms with Crippen molar-refractivity contribution < 1.29 is 4.92 Å². The predicted octanol–water partition coefficient (Wildman–Crippen LogP) is 10.4. The van der Waals surface area contributed by atoms with Gasteiger partial charge in [0.15, 0.2) is 8.67 Å². The van der Waals surface area contributed by atoms with E-state index >= 15 is 0 Å². The van der Waals surface area contributed by atoms with Crippen LogP contribution in [-0.4, -0.2) is 33.1 Å². The fourth-order valence-electron chi connectivity index (χ4n) is 7.05. The number of alkyl halides is 8. The van der Waals surface area contributed by atoms with Crippen molar-refractivity contribution in [3.05, 3.63) is 58.5 Å². The van der Waals surface area contributed by atoms with Gasteiger partial charge in [-0.1, -0.05) is 104 Å². The Morgan fingerprint density at radius 1 is 0.611 bits per heavy atom. The lowest BCUT2D eigenvalue weighted by molar-refractivity contribution is -0.384. The monoisotopic (exact) mass is 747 g/mol.